The van der Waals surface area contributed by atoms with Crippen molar-refractivity contribution in [3.8, 4) is 5.82 Å². The summed E-state index contributed by atoms with van der Waals surface area (Å²) in [5.41, 5.74) is 2.87. The third-order valence-electron chi connectivity index (χ3n) is 3.17. The molecule has 1 aromatic carbocycles. The molecule has 3 aromatic rings. The molecule has 3 heteroatoms. The quantitative estimate of drug-likeness (QED) is 0.665. The Kier molecular flexibility index (Phi) is 2.67. The topological polar surface area (TPSA) is 34.9 Å². The molecule has 0 atom stereocenters. The number of aromatic nitrogens is 2. The summed E-state index contributed by atoms with van der Waals surface area (Å²) in [4.78, 5) is 16.6. The van der Waals surface area contributed by atoms with Crippen LogP contribution in [0, 0.1) is 13.8 Å². The highest BCUT2D eigenvalue weighted by Crippen LogP contribution is 2.18. The fourth-order valence-corrected chi connectivity index (χ4v) is 2.21. The van der Waals surface area contributed by atoms with Crippen molar-refractivity contribution in [1.82, 2.24) is 9.55 Å². The summed E-state index contributed by atoms with van der Waals surface area (Å²) in [6.07, 6.45) is 1.83. The van der Waals surface area contributed by atoms with Gasteiger partial charge in [0, 0.05) is 17.6 Å². The minimum atomic E-state index is -0.0588. The zero-order valence-electron chi connectivity index (χ0n) is 10.9. The van der Waals surface area contributed by atoms with E-state index in [2.05, 4.69) is 11.1 Å². The van der Waals surface area contributed by atoms with E-state index in [0.717, 1.165) is 22.0 Å². The first kappa shape index (κ1) is 11.7. The number of pyridine rings is 2. The van der Waals surface area contributed by atoms with Gasteiger partial charge >= 0.3 is 0 Å². The fourth-order valence-electron chi connectivity index (χ4n) is 2.21. The molecule has 0 spiro atoms. The standard InChI is InChI=1S/C16H14N2O/c1-11-7-8-15(19)18(10-11)16-12(2)9-13-5-3-4-6-14(13)17-16/h3-10H,1-2H3. The van der Waals surface area contributed by atoms with Gasteiger partial charge in [-0.3, -0.25) is 9.36 Å². The van der Waals surface area contributed by atoms with E-state index in [1.165, 1.54) is 0 Å². The van der Waals surface area contributed by atoms with E-state index in [0.29, 0.717) is 5.82 Å². The summed E-state index contributed by atoms with van der Waals surface area (Å²) in [5.74, 6) is 0.701. The van der Waals surface area contributed by atoms with Crippen molar-refractivity contribution in [1.29, 1.82) is 0 Å². The second-order valence-electron chi connectivity index (χ2n) is 4.74. The Morgan fingerprint density at radius 3 is 2.68 bits per heavy atom. The molecule has 0 radical (unpaired) electrons. The first-order valence-electron chi connectivity index (χ1n) is 6.21. The molecule has 0 aliphatic carbocycles. The number of nitrogens with zero attached hydrogens (tertiary/aromatic N) is 2. The zero-order chi connectivity index (χ0) is 13.4. The summed E-state index contributed by atoms with van der Waals surface area (Å²) in [7, 11) is 0. The van der Waals surface area contributed by atoms with E-state index >= 15 is 0 Å². The van der Waals surface area contributed by atoms with Crippen molar-refractivity contribution < 1.29 is 0 Å². The lowest BCUT2D eigenvalue weighted by molar-refractivity contribution is 0.927. The monoisotopic (exact) mass is 250 g/mol. The number of aryl methyl sites for hydroxylation is 2. The van der Waals surface area contributed by atoms with Gasteiger partial charge in [-0.1, -0.05) is 24.3 Å². The number of hydrogen-bond acceptors (Lipinski definition) is 2. The molecule has 19 heavy (non-hydrogen) atoms. The number of para-hydroxylation sites is 1. The van der Waals surface area contributed by atoms with E-state index in [4.69, 9.17) is 0 Å². The van der Waals surface area contributed by atoms with Crippen LogP contribution in [0.15, 0.2) is 53.5 Å². The van der Waals surface area contributed by atoms with Gasteiger partial charge in [0.25, 0.3) is 5.56 Å². The Hall–Kier alpha value is -2.42. The summed E-state index contributed by atoms with van der Waals surface area (Å²) >= 11 is 0. The summed E-state index contributed by atoms with van der Waals surface area (Å²) in [6.45, 7) is 3.94. The van der Waals surface area contributed by atoms with Crippen molar-refractivity contribution in [2.75, 3.05) is 0 Å². The molecular formula is C16H14N2O. The largest absolute Gasteiger partial charge is 0.269 e. The van der Waals surface area contributed by atoms with Crippen molar-refractivity contribution in [2.24, 2.45) is 0 Å². The van der Waals surface area contributed by atoms with Crippen molar-refractivity contribution in [3.05, 3.63) is 70.1 Å². The lowest BCUT2D eigenvalue weighted by Gasteiger charge is -2.10. The van der Waals surface area contributed by atoms with E-state index in [1.54, 1.807) is 10.6 Å². The molecule has 94 valence electrons. The minimum absolute atomic E-state index is 0.0588. The van der Waals surface area contributed by atoms with Gasteiger partial charge in [0.15, 0.2) is 0 Å². The molecule has 0 aliphatic heterocycles. The molecule has 0 bridgehead atoms. The Morgan fingerprint density at radius 2 is 1.84 bits per heavy atom. The fraction of sp³-hybridized carbons (Fsp3) is 0.125. The molecule has 0 unspecified atom stereocenters. The van der Waals surface area contributed by atoms with Gasteiger partial charge in [0.2, 0.25) is 0 Å². The third kappa shape index (κ3) is 2.03. The third-order valence-corrected chi connectivity index (χ3v) is 3.17. The van der Waals surface area contributed by atoms with Crippen LogP contribution < -0.4 is 5.56 Å². The van der Waals surface area contributed by atoms with Crippen LogP contribution in [0.5, 0.6) is 0 Å². The van der Waals surface area contributed by atoms with Gasteiger partial charge in [-0.2, -0.15) is 0 Å². The van der Waals surface area contributed by atoms with E-state index in [-0.39, 0.29) is 5.56 Å². The van der Waals surface area contributed by atoms with Crippen LogP contribution in [0.25, 0.3) is 16.7 Å². The molecule has 3 rings (SSSR count). The molecule has 2 aromatic heterocycles. The molecule has 0 amide bonds. The maximum absolute atomic E-state index is 12.0. The van der Waals surface area contributed by atoms with Crippen molar-refractivity contribution >= 4 is 10.9 Å². The number of hydrogen-bond donors (Lipinski definition) is 0. The molecule has 0 aliphatic rings. The molecule has 0 fully saturated rings. The number of benzene rings is 1. The van der Waals surface area contributed by atoms with E-state index in [1.807, 2.05) is 50.4 Å². The van der Waals surface area contributed by atoms with Crippen LogP contribution in [0.4, 0.5) is 0 Å². The summed E-state index contributed by atoms with van der Waals surface area (Å²) in [5, 5.41) is 1.09. The van der Waals surface area contributed by atoms with E-state index < -0.39 is 0 Å². The first-order valence-corrected chi connectivity index (χ1v) is 6.21. The van der Waals surface area contributed by atoms with Crippen molar-refractivity contribution in [2.45, 2.75) is 13.8 Å². The maximum atomic E-state index is 12.0. The average Bonchev–Trinajstić information content (AvgIpc) is 2.41. The van der Waals surface area contributed by atoms with Gasteiger partial charge in [0.1, 0.15) is 5.82 Å². The molecule has 0 N–H and O–H groups in total. The van der Waals surface area contributed by atoms with Crippen LogP contribution in [-0.4, -0.2) is 9.55 Å². The summed E-state index contributed by atoms with van der Waals surface area (Å²) in [6, 6.07) is 13.4. The lowest BCUT2D eigenvalue weighted by Crippen LogP contribution is -2.18. The lowest BCUT2D eigenvalue weighted by atomic mass is 10.1. The Bertz CT molecular complexity index is 818. The average molecular weight is 250 g/mol. The SMILES string of the molecule is Cc1ccc(=O)n(-c2nc3ccccc3cc2C)c1. The minimum Gasteiger partial charge on any atom is -0.269 e. The molecule has 0 saturated carbocycles. The van der Waals surface area contributed by atoms with Gasteiger partial charge in [-0.05, 0) is 37.1 Å². The van der Waals surface area contributed by atoms with Crippen LogP contribution in [-0.2, 0) is 0 Å². The summed E-state index contributed by atoms with van der Waals surface area (Å²) < 4.78 is 1.61. The highest BCUT2D eigenvalue weighted by Gasteiger charge is 2.07. The van der Waals surface area contributed by atoms with Crippen LogP contribution in [0.2, 0.25) is 0 Å². The predicted octanol–water partition coefficient (Wildman–Crippen LogP) is 3.00. The van der Waals surface area contributed by atoms with Gasteiger partial charge < -0.3 is 0 Å². The van der Waals surface area contributed by atoms with Crippen LogP contribution in [0.1, 0.15) is 11.1 Å². The normalized spacial score (nSPS) is 10.8. The van der Waals surface area contributed by atoms with Crippen molar-refractivity contribution in [3.63, 3.8) is 0 Å². The first-order chi connectivity index (χ1) is 9.15. The zero-order valence-corrected chi connectivity index (χ0v) is 10.9. The Balaban J connectivity index is 2.33. The maximum Gasteiger partial charge on any atom is 0.256 e. The van der Waals surface area contributed by atoms with Gasteiger partial charge in [0.05, 0.1) is 5.52 Å². The van der Waals surface area contributed by atoms with Crippen LogP contribution >= 0.6 is 0 Å². The molecule has 2 heterocycles. The number of fused-ring (bicyclic) bond motifs is 1. The predicted molar refractivity (Wildman–Crippen MR) is 76.8 cm³/mol. The Labute approximate surface area is 111 Å². The Morgan fingerprint density at radius 1 is 1.05 bits per heavy atom. The molecular weight excluding hydrogens is 236 g/mol. The smallest absolute Gasteiger partial charge is 0.256 e. The second-order valence-corrected chi connectivity index (χ2v) is 4.74. The van der Waals surface area contributed by atoms with Gasteiger partial charge in [-0.15, -0.1) is 0 Å². The second kappa shape index (κ2) is 4.35. The van der Waals surface area contributed by atoms with Crippen LogP contribution in [0.3, 0.4) is 0 Å². The highest BCUT2D eigenvalue weighted by molar-refractivity contribution is 5.80. The highest BCUT2D eigenvalue weighted by atomic mass is 16.1. The molecule has 0 saturated heterocycles. The van der Waals surface area contributed by atoms with Gasteiger partial charge in [-0.25, -0.2) is 4.98 Å². The molecule has 3 nitrogen and oxygen atoms in total. The number of rotatable bonds is 1. The van der Waals surface area contributed by atoms with E-state index in [9.17, 15) is 4.79 Å².